The lowest BCUT2D eigenvalue weighted by atomic mass is 10.1. The van der Waals surface area contributed by atoms with Gasteiger partial charge in [0.15, 0.2) is 0 Å². The highest BCUT2D eigenvalue weighted by Gasteiger charge is 2.09. The largest absolute Gasteiger partial charge is 0.396 e. The zero-order chi connectivity index (χ0) is 14.7. The van der Waals surface area contributed by atoms with Crippen LogP contribution in [0.15, 0.2) is 36.4 Å². The summed E-state index contributed by atoms with van der Waals surface area (Å²) in [6.45, 7) is 0. The number of rotatable bonds is 2. The Bertz CT molecular complexity index is 725. The smallest absolute Gasteiger partial charge is 0.255 e. The molecule has 2 aromatic carbocycles. The first-order valence-electron chi connectivity index (χ1n) is 5.57. The van der Waals surface area contributed by atoms with Gasteiger partial charge >= 0.3 is 0 Å². The van der Waals surface area contributed by atoms with E-state index in [-0.39, 0.29) is 16.3 Å². The van der Waals surface area contributed by atoms with Gasteiger partial charge in [0.2, 0.25) is 0 Å². The number of nitrogens with zero attached hydrogens (tertiary/aromatic N) is 1. The minimum Gasteiger partial charge on any atom is -0.396 e. The number of nitriles is 1. The maximum absolute atomic E-state index is 13.0. The van der Waals surface area contributed by atoms with Crippen molar-refractivity contribution in [1.29, 1.82) is 5.26 Å². The second kappa shape index (κ2) is 5.59. The molecule has 6 heteroatoms. The van der Waals surface area contributed by atoms with E-state index in [0.717, 1.165) is 6.07 Å². The number of anilines is 2. The minimum atomic E-state index is -0.581. The van der Waals surface area contributed by atoms with Crippen molar-refractivity contribution in [2.75, 3.05) is 11.1 Å². The van der Waals surface area contributed by atoms with Gasteiger partial charge in [-0.15, -0.1) is 0 Å². The van der Waals surface area contributed by atoms with Crippen molar-refractivity contribution in [1.82, 2.24) is 0 Å². The Hall–Kier alpha value is -2.58. The number of halogens is 2. The van der Waals surface area contributed by atoms with Crippen LogP contribution in [0.1, 0.15) is 15.9 Å². The molecule has 0 fully saturated rings. The molecule has 1 amide bonds. The monoisotopic (exact) mass is 289 g/mol. The molecule has 0 unspecified atom stereocenters. The van der Waals surface area contributed by atoms with Crippen LogP contribution in [0.3, 0.4) is 0 Å². The van der Waals surface area contributed by atoms with Crippen LogP contribution >= 0.6 is 11.6 Å². The molecule has 0 aliphatic carbocycles. The minimum absolute atomic E-state index is 0.101. The average molecular weight is 290 g/mol. The summed E-state index contributed by atoms with van der Waals surface area (Å²) in [6, 6.07) is 10.1. The third kappa shape index (κ3) is 2.87. The summed E-state index contributed by atoms with van der Waals surface area (Å²) in [6.07, 6.45) is 0. The van der Waals surface area contributed by atoms with Gasteiger partial charge in [0.05, 0.1) is 16.3 Å². The number of carbonyl (C=O) groups is 1. The van der Waals surface area contributed by atoms with Gasteiger partial charge in [-0.1, -0.05) is 11.6 Å². The van der Waals surface area contributed by atoms with Crippen molar-refractivity contribution < 1.29 is 9.18 Å². The molecule has 20 heavy (non-hydrogen) atoms. The van der Waals surface area contributed by atoms with E-state index in [4.69, 9.17) is 22.6 Å². The van der Waals surface area contributed by atoms with Crippen molar-refractivity contribution >= 4 is 28.9 Å². The second-order valence-electron chi connectivity index (χ2n) is 4.00. The Morgan fingerprint density at radius 3 is 2.65 bits per heavy atom. The first-order valence-corrected chi connectivity index (χ1v) is 5.95. The van der Waals surface area contributed by atoms with Crippen molar-refractivity contribution in [2.45, 2.75) is 0 Å². The molecule has 0 heterocycles. The van der Waals surface area contributed by atoms with Gasteiger partial charge in [0.1, 0.15) is 11.9 Å². The number of nitrogens with two attached hydrogens (primary N) is 1. The predicted molar refractivity (Wildman–Crippen MR) is 74.9 cm³/mol. The number of nitrogen functional groups attached to an aromatic ring is 1. The van der Waals surface area contributed by atoms with Gasteiger partial charge in [0.25, 0.3) is 5.91 Å². The van der Waals surface area contributed by atoms with Gasteiger partial charge in [-0.25, -0.2) is 4.39 Å². The molecule has 0 aromatic heterocycles. The van der Waals surface area contributed by atoms with Crippen molar-refractivity contribution in [3.05, 3.63) is 58.4 Å². The summed E-state index contributed by atoms with van der Waals surface area (Å²) in [5.41, 5.74) is 6.27. The SMILES string of the molecule is N#Cc1ccc(NC(=O)c2ccc(F)c(N)c2)cc1Cl. The highest BCUT2D eigenvalue weighted by atomic mass is 35.5. The van der Waals surface area contributed by atoms with E-state index in [2.05, 4.69) is 5.32 Å². The summed E-state index contributed by atoms with van der Waals surface area (Å²) < 4.78 is 13.0. The number of hydrogen-bond donors (Lipinski definition) is 2. The molecule has 0 aliphatic rings. The summed E-state index contributed by atoms with van der Waals surface area (Å²) in [5, 5.41) is 11.6. The normalized spacial score (nSPS) is 9.85. The fourth-order valence-corrected chi connectivity index (χ4v) is 1.79. The molecule has 3 N–H and O–H groups in total. The number of benzene rings is 2. The van der Waals surface area contributed by atoms with E-state index in [0.29, 0.717) is 11.3 Å². The number of hydrogen-bond acceptors (Lipinski definition) is 3. The average Bonchev–Trinajstić information content (AvgIpc) is 2.42. The van der Waals surface area contributed by atoms with Gasteiger partial charge in [0, 0.05) is 11.3 Å². The van der Waals surface area contributed by atoms with Crippen LogP contribution in [0.2, 0.25) is 5.02 Å². The summed E-state index contributed by atoms with van der Waals surface area (Å²) >= 11 is 5.86. The molecule has 0 bridgehead atoms. The van der Waals surface area contributed by atoms with E-state index in [9.17, 15) is 9.18 Å². The molecular formula is C14H9ClFN3O. The van der Waals surface area contributed by atoms with Crippen LogP contribution in [0.5, 0.6) is 0 Å². The maximum atomic E-state index is 13.0. The molecule has 0 saturated carbocycles. The molecule has 4 nitrogen and oxygen atoms in total. The Kier molecular flexibility index (Phi) is 3.87. The van der Waals surface area contributed by atoms with Crippen molar-refractivity contribution in [3.8, 4) is 6.07 Å². The first kappa shape index (κ1) is 13.8. The van der Waals surface area contributed by atoms with Gasteiger partial charge < -0.3 is 11.1 Å². The van der Waals surface area contributed by atoms with Crippen LogP contribution in [0, 0.1) is 17.1 Å². The third-order valence-corrected chi connectivity index (χ3v) is 2.92. The summed E-state index contributed by atoms with van der Waals surface area (Å²) in [5.74, 6) is -1.03. The van der Waals surface area contributed by atoms with Crippen molar-refractivity contribution in [2.24, 2.45) is 0 Å². The topological polar surface area (TPSA) is 78.9 Å². The lowest BCUT2D eigenvalue weighted by Gasteiger charge is -2.07. The van der Waals surface area contributed by atoms with Crippen molar-refractivity contribution in [3.63, 3.8) is 0 Å². The van der Waals surface area contributed by atoms with Crippen LogP contribution < -0.4 is 11.1 Å². The van der Waals surface area contributed by atoms with Gasteiger partial charge in [-0.05, 0) is 36.4 Å². The Morgan fingerprint density at radius 2 is 2.05 bits per heavy atom. The van der Waals surface area contributed by atoms with Crippen LogP contribution in [-0.4, -0.2) is 5.91 Å². The standard InChI is InChI=1S/C14H9ClFN3O/c15-11-6-10(3-1-9(11)7-17)19-14(20)8-2-4-12(16)13(18)5-8/h1-6H,18H2,(H,19,20). The number of amides is 1. The molecular weight excluding hydrogens is 281 g/mol. The molecule has 0 aliphatic heterocycles. The molecule has 2 rings (SSSR count). The van der Waals surface area contributed by atoms with E-state index >= 15 is 0 Å². The third-order valence-electron chi connectivity index (χ3n) is 2.61. The number of carbonyl (C=O) groups excluding carboxylic acids is 1. The first-order chi connectivity index (χ1) is 9.51. The summed E-state index contributed by atoms with van der Waals surface area (Å²) in [7, 11) is 0. The van der Waals surface area contributed by atoms with Gasteiger partial charge in [-0.2, -0.15) is 5.26 Å². The zero-order valence-electron chi connectivity index (χ0n) is 10.2. The van der Waals surface area contributed by atoms with Crippen LogP contribution in [0.4, 0.5) is 15.8 Å². The summed E-state index contributed by atoms with van der Waals surface area (Å²) in [4.78, 5) is 11.9. The zero-order valence-corrected chi connectivity index (χ0v) is 10.9. The highest BCUT2D eigenvalue weighted by molar-refractivity contribution is 6.32. The van der Waals surface area contributed by atoms with E-state index in [1.54, 1.807) is 6.07 Å². The second-order valence-corrected chi connectivity index (χ2v) is 4.40. The quantitative estimate of drug-likeness (QED) is 0.833. The maximum Gasteiger partial charge on any atom is 0.255 e. The van der Waals surface area contributed by atoms with E-state index < -0.39 is 11.7 Å². The highest BCUT2D eigenvalue weighted by Crippen LogP contribution is 2.21. The fourth-order valence-electron chi connectivity index (χ4n) is 1.57. The Balaban J connectivity index is 2.21. The molecule has 2 aromatic rings. The molecule has 100 valence electrons. The van der Waals surface area contributed by atoms with Crippen LogP contribution in [0.25, 0.3) is 0 Å². The predicted octanol–water partition coefficient (Wildman–Crippen LogP) is 3.19. The molecule has 0 atom stereocenters. The molecule has 0 spiro atoms. The van der Waals surface area contributed by atoms with Gasteiger partial charge in [-0.3, -0.25) is 4.79 Å². The Morgan fingerprint density at radius 1 is 1.30 bits per heavy atom. The lowest BCUT2D eigenvalue weighted by Crippen LogP contribution is -2.12. The number of nitrogens with one attached hydrogen (secondary N) is 1. The van der Waals surface area contributed by atoms with E-state index in [1.807, 2.05) is 6.07 Å². The molecule has 0 saturated heterocycles. The fraction of sp³-hybridized carbons (Fsp3) is 0. The van der Waals surface area contributed by atoms with E-state index in [1.165, 1.54) is 24.3 Å². The van der Waals surface area contributed by atoms with Crippen LogP contribution in [-0.2, 0) is 0 Å². The Labute approximate surface area is 119 Å². The molecule has 0 radical (unpaired) electrons. The lowest BCUT2D eigenvalue weighted by molar-refractivity contribution is 0.102.